The van der Waals surface area contributed by atoms with Gasteiger partial charge in [0.15, 0.2) is 0 Å². The van der Waals surface area contributed by atoms with Crippen LogP contribution in [0.1, 0.15) is 6.92 Å². The van der Waals surface area contributed by atoms with E-state index in [0.29, 0.717) is 0 Å². The molecule has 0 amide bonds. The quantitative estimate of drug-likeness (QED) is 0.249. The fourth-order valence-corrected chi connectivity index (χ4v) is 6.45. The molecule has 0 saturated heterocycles. The lowest BCUT2D eigenvalue weighted by molar-refractivity contribution is 0.682. The van der Waals surface area contributed by atoms with Crippen LogP contribution in [0.4, 0.5) is 0 Å². The normalized spacial score (nSPS) is 12.2. The molecule has 8 rings (SSSR count). The number of nitrogens with zero attached hydrogens (tertiary/aromatic N) is 3. The Bertz CT molecular complexity index is 2060. The van der Waals surface area contributed by atoms with Gasteiger partial charge < -0.3 is 13.7 Å². The van der Waals surface area contributed by atoms with Gasteiger partial charge in [0.25, 0.3) is 0 Å². The maximum Gasteiger partial charge on any atom is 0.100 e. The van der Waals surface area contributed by atoms with Crippen molar-refractivity contribution in [1.82, 2.24) is 13.7 Å². The van der Waals surface area contributed by atoms with Crippen LogP contribution in [0.3, 0.4) is 0 Å². The van der Waals surface area contributed by atoms with Crippen molar-refractivity contribution >= 4 is 65.4 Å². The van der Waals surface area contributed by atoms with E-state index >= 15 is 0 Å². The lowest BCUT2D eigenvalue weighted by Gasteiger charge is -2.12. The van der Waals surface area contributed by atoms with Crippen LogP contribution in [0.5, 0.6) is 0 Å². The Morgan fingerprint density at radius 3 is 1.44 bits per heavy atom. The van der Waals surface area contributed by atoms with Gasteiger partial charge >= 0.3 is 0 Å². The van der Waals surface area contributed by atoms with Crippen LogP contribution < -0.4 is 0 Å². The summed E-state index contributed by atoms with van der Waals surface area (Å²) in [5.41, 5.74) is 7.75. The molecule has 8 aromatic rings. The van der Waals surface area contributed by atoms with Crippen molar-refractivity contribution in [2.75, 3.05) is 0 Å². The lowest BCUT2D eigenvalue weighted by atomic mass is 10.1. The molecule has 0 N–H and O–H groups in total. The Labute approximate surface area is 208 Å². The first kappa shape index (κ1) is 19.8. The van der Waals surface area contributed by atoms with Gasteiger partial charge in [0.05, 0.1) is 27.6 Å². The van der Waals surface area contributed by atoms with Gasteiger partial charge in [-0.05, 0) is 37.3 Å². The second-order valence-corrected chi connectivity index (χ2v) is 9.67. The predicted octanol–water partition coefficient (Wildman–Crippen LogP) is 8.54. The highest BCUT2D eigenvalue weighted by atomic mass is 15.2. The van der Waals surface area contributed by atoms with E-state index in [9.17, 15) is 0 Å². The zero-order valence-corrected chi connectivity index (χ0v) is 20.1. The number of fused-ring (bicyclic) bond motifs is 10. The topological polar surface area (TPSA) is 14.8 Å². The second kappa shape index (κ2) is 7.25. The van der Waals surface area contributed by atoms with Crippen molar-refractivity contribution in [3.05, 3.63) is 109 Å². The van der Waals surface area contributed by atoms with Gasteiger partial charge in [0.1, 0.15) is 6.67 Å². The third-order valence-corrected chi connectivity index (χ3v) is 7.94. The van der Waals surface area contributed by atoms with E-state index in [1.54, 1.807) is 0 Å². The minimum Gasteiger partial charge on any atom is -0.340 e. The van der Waals surface area contributed by atoms with Crippen LogP contribution in [0.15, 0.2) is 109 Å². The number of rotatable bonds is 3. The molecule has 0 spiro atoms. The minimum atomic E-state index is 0.760. The summed E-state index contributed by atoms with van der Waals surface area (Å²) < 4.78 is 7.46. The van der Waals surface area contributed by atoms with Gasteiger partial charge in [-0.15, -0.1) is 0 Å². The van der Waals surface area contributed by atoms with E-state index in [1.807, 2.05) is 0 Å². The molecule has 0 aliphatic rings. The minimum absolute atomic E-state index is 0.760. The van der Waals surface area contributed by atoms with Gasteiger partial charge in [0, 0.05) is 44.4 Å². The van der Waals surface area contributed by atoms with Gasteiger partial charge in [-0.25, -0.2) is 0 Å². The summed E-state index contributed by atoms with van der Waals surface area (Å²) in [7, 11) is 0. The highest BCUT2D eigenvalue weighted by molar-refractivity contribution is 6.25. The number of hydrogen-bond donors (Lipinski definition) is 0. The summed E-state index contributed by atoms with van der Waals surface area (Å²) in [6.45, 7) is 3.95. The van der Waals surface area contributed by atoms with Crippen LogP contribution >= 0.6 is 0 Å². The summed E-state index contributed by atoms with van der Waals surface area (Å²) in [4.78, 5) is 0. The molecule has 36 heavy (non-hydrogen) atoms. The van der Waals surface area contributed by atoms with E-state index < -0.39 is 0 Å². The van der Waals surface area contributed by atoms with E-state index in [2.05, 4.69) is 130 Å². The van der Waals surface area contributed by atoms with E-state index in [1.165, 1.54) is 65.4 Å². The van der Waals surface area contributed by atoms with Crippen molar-refractivity contribution in [1.29, 1.82) is 0 Å². The molecule has 0 atom stereocenters. The molecule has 0 radical (unpaired) electrons. The molecule has 3 aromatic heterocycles. The standard InChI is InChI=1S/C33H25N3/c1-2-34-27-15-7-5-13-24(27)25-19-20-31-32(33(25)34)26-14-6-10-18-30(26)36(31)21-35-28-16-8-3-11-22(28)23-12-4-9-17-29(23)35/h3-20H,2,21H2,1H3. The molecule has 3 heterocycles. The molecule has 0 fully saturated rings. The van der Waals surface area contributed by atoms with Crippen molar-refractivity contribution in [3.63, 3.8) is 0 Å². The first-order valence-corrected chi connectivity index (χ1v) is 12.7. The van der Waals surface area contributed by atoms with E-state index in [0.717, 1.165) is 13.2 Å². The third kappa shape index (κ3) is 2.47. The van der Waals surface area contributed by atoms with Gasteiger partial charge in [-0.1, -0.05) is 78.9 Å². The van der Waals surface area contributed by atoms with E-state index in [4.69, 9.17) is 0 Å². The maximum atomic E-state index is 2.50. The Morgan fingerprint density at radius 1 is 0.417 bits per heavy atom. The third-order valence-electron chi connectivity index (χ3n) is 7.94. The molecule has 0 bridgehead atoms. The maximum absolute atomic E-state index is 2.50. The van der Waals surface area contributed by atoms with Crippen molar-refractivity contribution in [3.8, 4) is 0 Å². The molecule has 0 unspecified atom stereocenters. The van der Waals surface area contributed by atoms with Gasteiger partial charge in [-0.2, -0.15) is 0 Å². The number of para-hydroxylation sites is 4. The molecule has 5 aromatic carbocycles. The van der Waals surface area contributed by atoms with Crippen molar-refractivity contribution in [2.24, 2.45) is 0 Å². The molecular formula is C33H25N3. The van der Waals surface area contributed by atoms with Crippen LogP contribution in [0.2, 0.25) is 0 Å². The Morgan fingerprint density at radius 2 is 0.861 bits per heavy atom. The number of aromatic nitrogens is 3. The number of benzene rings is 5. The SMILES string of the molecule is CCn1c2ccccc2c2ccc3c(c4ccccc4n3Cn3c4ccccc4c4ccccc43)c21. The average Bonchev–Trinajstić information content (AvgIpc) is 3.55. The number of hydrogen-bond acceptors (Lipinski definition) is 0. The first-order valence-electron chi connectivity index (χ1n) is 12.7. The summed E-state index contributed by atoms with van der Waals surface area (Å²) in [6.07, 6.45) is 0. The highest BCUT2D eigenvalue weighted by Crippen LogP contribution is 2.40. The fourth-order valence-electron chi connectivity index (χ4n) is 6.45. The molecule has 172 valence electrons. The van der Waals surface area contributed by atoms with Crippen molar-refractivity contribution < 1.29 is 0 Å². The summed E-state index contributed by atoms with van der Waals surface area (Å²) in [6, 6.07) is 39.9. The predicted molar refractivity (Wildman–Crippen MR) is 153 cm³/mol. The molecule has 3 heteroatoms. The first-order chi connectivity index (χ1) is 17.8. The van der Waals surface area contributed by atoms with Crippen LogP contribution in [0.25, 0.3) is 65.4 Å². The second-order valence-electron chi connectivity index (χ2n) is 9.67. The lowest BCUT2D eigenvalue weighted by Crippen LogP contribution is -2.07. The zero-order chi connectivity index (χ0) is 23.8. The van der Waals surface area contributed by atoms with Crippen LogP contribution in [0, 0.1) is 0 Å². The van der Waals surface area contributed by atoms with Crippen LogP contribution in [-0.2, 0) is 13.2 Å². The van der Waals surface area contributed by atoms with Crippen molar-refractivity contribution in [2.45, 2.75) is 20.1 Å². The summed E-state index contributed by atoms with van der Waals surface area (Å²) >= 11 is 0. The average molecular weight is 464 g/mol. The zero-order valence-electron chi connectivity index (χ0n) is 20.1. The summed E-state index contributed by atoms with van der Waals surface area (Å²) in [5.74, 6) is 0. The largest absolute Gasteiger partial charge is 0.340 e. The summed E-state index contributed by atoms with van der Waals surface area (Å²) in [5, 5.41) is 7.94. The highest BCUT2D eigenvalue weighted by Gasteiger charge is 2.19. The van der Waals surface area contributed by atoms with Gasteiger partial charge in [-0.3, -0.25) is 0 Å². The molecule has 3 nitrogen and oxygen atoms in total. The fraction of sp³-hybridized carbons (Fsp3) is 0.0909. The van der Waals surface area contributed by atoms with E-state index in [-0.39, 0.29) is 0 Å². The molecular weight excluding hydrogens is 438 g/mol. The van der Waals surface area contributed by atoms with Crippen LogP contribution in [-0.4, -0.2) is 13.7 Å². The molecule has 0 saturated carbocycles. The number of aryl methyl sites for hydroxylation is 1. The monoisotopic (exact) mass is 463 g/mol. The Balaban J connectivity index is 1.51. The van der Waals surface area contributed by atoms with Gasteiger partial charge in [0.2, 0.25) is 0 Å². The smallest absolute Gasteiger partial charge is 0.100 e. The Hall–Kier alpha value is -4.50. The molecule has 0 aliphatic carbocycles. The molecule has 0 aliphatic heterocycles. The Kier molecular flexibility index (Phi) is 3.98.